The minimum Gasteiger partial charge on any atom is -0.382 e. The van der Waals surface area contributed by atoms with Crippen LogP contribution in [0.3, 0.4) is 0 Å². The Balaban J connectivity index is 1.15. The Morgan fingerprint density at radius 3 is 2.70 bits per heavy atom. The molecule has 4 heterocycles. The Bertz CT molecular complexity index is 1220. The van der Waals surface area contributed by atoms with E-state index in [9.17, 15) is 14.4 Å². The van der Waals surface area contributed by atoms with Crippen LogP contribution in [0.1, 0.15) is 42.6 Å². The number of aromatic nitrogens is 2. The van der Waals surface area contributed by atoms with E-state index in [1.807, 2.05) is 4.90 Å². The number of nitrogens with one attached hydrogen (secondary N) is 2. The van der Waals surface area contributed by atoms with Crippen LogP contribution in [0.2, 0.25) is 5.15 Å². The molecule has 3 fully saturated rings. The Hall–Kier alpha value is -3.67. The van der Waals surface area contributed by atoms with Crippen molar-refractivity contribution in [1.29, 1.82) is 0 Å². The molecule has 12 nitrogen and oxygen atoms in total. The quantitative estimate of drug-likeness (QED) is 0.434. The van der Waals surface area contributed by atoms with Crippen molar-refractivity contribution in [3.63, 3.8) is 0 Å². The van der Waals surface area contributed by atoms with Crippen LogP contribution in [0.25, 0.3) is 0 Å². The highest BCUT2D eigenvalue weighted by Gasteiger charge is 2.43. The summed E-state index contributed by atoms with van der Waals surface area (Å²) in [6, 6.07) is 0. The molecule has 1 atom stereocenters. The molecule has 5 rings (SSSR count). The Kier molecular flexibility index (Phi) is 6.76. The molecule has 3 amide bonds. The van der Waals surface area contributed by atoms with Gasteiger partial charge in [-0.1, -0.05) is 29.8 Å². The Morgan fingerprint density at radius 2 is 1.97 bits per heavy atom. The summed E-state index contributed by atoms with van der Waals surface area (Å²) in [6.07, 6.45) is 9.99. The highest BCUT2D eigenvalue weighted by atomic mass is 35.5. The molecule has 0 saturated carbocycles. The number of piperidine rings is 1. The second-order valence-corrected chi connectivity index (χ2v) is 10.3. The molecule has 1 aromatic heterocycles. The Labute approximate surface area is 219 Å². The number of amides is 3. The van der Waals surface area contributed by atoms with Gasteiger partial charge in [-0.05, 0) is 31.3 Å². The van der Waals surface area contributed by atoms with E-state index in [4.69, 9.17) is 23.1 Å². The second kappa shape index (κ2) is 10.0. The first-order valence-corrected chi connectivity index (χ1v) is 12.8. The molecular weight excluding hydrogens is 498 g/mol. The number of nitrogens with zero attached hydrogens (tertiary/aromatic N) is 5. The number of allylic oxidation sites excluding steroid dienone is 2. The van der Waals surface area contributed by atoms with E-state index < -0.39 is 5.91 Å². The van der Waals surface area contributed by atoms with E-state index in [2.05, 4.69) is 43.8 Å². The molecule has 3 saturated heterocycles. The number of rotatable bonds is 4. The maximum absolute atomic E-state index is 13.2. The van der Waals surface area contributed by atoms with Crippen LogP contribution < -0.4 is 22.1 Å². The van der Waals surface area contributed by atoms with Gasteiger partial charge in [0.15, 0.2) is 28.4 Å². The lowest BCUT2D eigenvalue weighted by molar-refractivity contribution is -0.137. The van der Waals surface area contributed by atoms with Crippen molar-refractivity contribution in [3.05, 3.63) is 34.6 Å². The third-order valence-electron chi connectivity index (χ3n) is 7.34. The predicted molar refractivity (Wildman–Crippen MR) is 138 cm³/mol. The SMILES string of the molecule is Nc1nc(N)c(C(=O)/N=C2\NCC3(CCN(C(=O)C4CC(=O)N(CC5=CCCC=C5)C4)CC3)N2)nc1Cl. The normalized spacial score (nSPS) is 23.8. The number of anilines is 2. The number of nitrogens with two attached hydrogens (primary N) is 2. The predicted octanol–water partition coefficient (Wildman–Crippen LogP) is 0.470. The van der Waals surface area contributed by atoms with Gasteiger partial charge in [-0.3, -0.25) is 14.4 Å². The fourth-order valence-corrected chi connectivity index (χ4v) is 5.35. The number of halogens is 1. The highest BCUT2D eigenvalue weighted by molar-refractivity contribution is 6.31. The van der Waals surface area contributed by atoms with Gasteiger partial charge in [0.25, 0.3) is 0 Å². The van der Waals surface area contributed by atoms with Crippen LogP contribution in [-0.4, -0.2) is 81.7 Å². The van der Waals surface area contributed by atoms with Gasteiger partial charge < -0.3 is 31.9 Å². The van der Waals surface area contributed by atoms with Crippen LogP contribution in [0, 0.1) is 5.92 Å². The molecular formula is C24H30ClN9O3. The summed E-state index contributed by atoms with van der Waals surface area (Å²) < 4.78 is 0. The van der Waals surface area contributed by atoms with E-state index in [-0.39, 0.29) is 52.2 Å². The monoisotopic (exact) mass is 527 g/mol. The summed E-state index contributed by atoms with van der Waals surface area (Å²) in [5, 5.41) is 6.30. The maximum Gasteiger partial charge on any atom is 0.302 e. The fourth-order valence-electron chi connectivity index (χ4n) is 5.22. The zero-order chi connectivity index (χ0) is 26.2. The smallest absolute Gasteiger partial charge is 0.302 e. The van der Waals surface area contributed by atoms with Crippen LogP contribution in [0.5, 0.6) is 0 Å². The molecule has 6 N–H and O–H groups in total. The summed E-state index contributed by atoms with van der Waals surface area (Å²) in [5.41, 5.74) is 11.9. The van der Waals surface area contributed by atoms with Crippen LogP contribution >= 0.6 is 11.6 Å². The van der Waals surface area contributed by atoms with E-state index in [1.54, 1.807) is 4.90 Å². The summed E-state index contributed by atoms with van der Waals surface area (Å²) in [7, 11) is 0. The molecule has 196 valence electrons. The van der Waals surface area contributed by atoms with Gasteiger partial charge in [-0.2, -0.15) is 4.99 Å². The zero-order valence-electron chi connectivity index (χ0n) is 20.4. The topological polar surface area (TPSA) is 172 Å². The van der Waals surface area contributed by atoms with Gasteiger partial charge in [0.2, 0.25) is 11.8 Å². The lowest BCUT2D eigenvalue weighted by atomic mass is 9.88. The van der Waals surface area contributed by atoms with E-state index in [1.165, 1.54) is 0 Å². The number of aliphatic imine (C=N–C) groups is 1. The number of carbonyl (C=O) groups excluding carboxylic acids is 3. The molecule has 0 aromatic carbocycles. The van der Waals surface area contributed by atoms with E-state index >= 15 is 0 Å². The summed E-state index contributed by atoms with van der Waals surface area (Å²) in [6.45, 7) is 2.70. The van der Waals surface area contributed by atoms with Crippen molar-refractivity contribution in [2.45, 2.75) is 37.6 Å². The largest absolute Gasteiger partial charge is 0.382 e. The molecule has 4 aliphatic rings. The zero-order valence-corrected chi connectivity index (χ0v) is 21.1. The van der Waals surface area contributed by atoms with Gasteiger partial charge in [0.05, 0.1) is 11.5 Å². The molecule has 0 bridgehead atoms. The van der Waals surface area contributed by atoms with Gasteiger partial charge in [-0.25, -0.2) is 9.97 Å². The highest BCUT2D eigenvalue weighted by Crippen LogP contribution is 2.28. The number of carbonyl (C=O) groups is 3. The molecule has 1 spiro atoms. The van der Waals surface area contributed by atoms with E-state index in [0.717, 1.165) is 18.4 Å². The molecule has 3 aliphatic heterocycles. The van der Waals surface area contributed by atoms with Crippen LogP contribution in [0.4, 0.5) is 11.6 Å². The lowest BCUT2D eigenvalue weighted by Gasteiger charge is -2.39. The number of hydrogen-bond acceptors (Lipinski definition) is 7. The molecule has 13 heteroatoms. The first kappa shape index (κ1) is 25.0. The van der Waals surface area contributed by atoms with Crippen molar-refractivity contribution in [3.8, 4) is 0 Å². The Morgan fingerprint density at radius 1 is 1.19 bits per heavy atom. The van der Waals surface area contributed by atoms with Gasteiger partial charge in [0, 0.05) is 39.1 Å². The standard InChI is InChI=1S/C24H30ClN9O3/c25-18-20(27)30-19(26)17(29-18)21(36)31-23-28-13-24(32-23)6-8-33(9-7-24)22(37)15-10-16(35)34(12-15)11-14-4-2-1-3-5-14/h2,4-5,15H,1,3,6-13H2,(H4,26,27,30)(H2,28,31,32,36). The number of guanidine groups is 1. The number of nitrogen functional groups attached to an aromatic ring is 2. The number of likely N-dealkylation sites (tertiary alicyclic amines) is 2. The molecule has 37 heavy (non-hydrogen) atoms. The molecule has 1 aliphatic carbocycles. The van der Waals surface area contributed by atoms with Gasteiger partial charge in [0.1, 0.15) is 0 Å². The van der Waals surface area contributed by atoms with E-state index in [0.29, 0.717) is 51.5 Å². The molecule has 1 unspecified atom stereocenters. The average Bonchev–Trinajstić information content (AvgIpc) is 3.44. The second-order valence-electron chi connectivity index (χ2n) is 9.92. The van der Waals surface area contributed by atoms with Gasteiger partial charge in [-0.15, -0.1) is 0 Å². The fraction of sp³-hybridized carbons (Fsp3) is 0.500. The first-order valence-electron chi connectivity index (χ1n) is 12.4. The maximum atomic E-state index is 13.2. The van der Waals surface area contributed by atoms with Crippen LogP contribution in [-0.2, 0) is 9.59 Å². The minimum absolute atomic E-state index is 0.0307. The third kappa shape index (κ3) is 5.24. The van der Waals surface area contributed by atoms with Crippen molar-refractivity contribution < 1.29 is 14.4 Å². The molecule has 1 aromatic rings. The summed E-state index contributed by atoms with van der Waals surface area (Å²) in [5.74, 6) is -0.836. The van der Waals surface area contributed by atoms with Crippen molar-refractivity contribution in [2.75, 3.05) is 44.2 Å². The molecule has 0 radical (unpaired) electrons. The summed E-state index contributed by atoms with van der Waals surface area (Å²) in [4.78, 5) is 53.7. The van der Waals surface area contributed by atoms with Crippen LogP contribution in [0.15, 0.2) is 28.8 Å². The third-order valence-corrected chi connectivity index (χ3v) is 7.62. The lowest BCUT2D eigenvalue weighted by Crippen LogP contribution is -2.54. The average molecular weight is 528 g/mol. The summed E-state index contributed by atoms with van der Waals surface area (Å²) >= 11 is 5.86. The first-order chi connectivity index (χ1) is 17.7. The van der Waals surface area contributed by atoms with Crippen molar-refractivity contribution in [2.24, 2.45) is 10.9 Å². The number of hydrogen-bond donors (Lipinski definition) is 4. The van der Waals surface area contributed by atoms with Crippen molar-refractivity contribution >= 4 is 46.9 Å². The van der Waals surface area contributed by atoms with Crippen molar-refractivity contribution in [1.82, 2.24) is 30.4 Å². The minimum atomic E-state index is -0.693. The van der Waals surface area contributed by atoms with Gasteiger partial charge >= 0.3 is 5.91 Å².